The van der Waals surface area contributed by atoms with Crippen molar-refractivity contribution in [3.63, 3.8) is 0 Å². The number of rotatable bonds is 6. The van der Waals surface area contributed by atoms with Gasteiger partial charge in [-0.25, -0.2) is 4.98 Å². The summed E-state index contributed by atoms with van der Waals surface area (Å²) < 4.78 is 5.81. The maximum absolute atomic E-state index is 12.7. The Morgan fingerprint density at radius 2 is 1.96 bits per heavy atom. The zero-order valence-electron chi connectivity index (χ0n) is 16.1. The summed E-state index contributed by atoms with van der Waals surface area (Å²) in [5.41, 5.74) is 2.87. The lowest BCUT2D eigenvalue weighted by molar-refractivity contribution is -0.130. The lowest BCUT2D eigenvalue weighted by Crippen LogP contribution is -2.48. The largest absolute Gasteiger partial charge is 0.396 e. The van der Waals surface area contributed by atoms with Crippen molar-refractivity contribution in [2.45, 2.75) is 45.8 Å². The van der Waals surface area contributed by atoms with Crippen molar-refractivity contribution in [2.24, 2.45) is 11.8 Å². The van der Waals surface area contributed by atoms with Crippen molar-refractivity contribution >= 4 is 17.2 Å². The number of aryl methyl sites for hydroxylation is 2. The molecule has 0 bridgehead atoms. The first-order chi connectivity index (χ1) is 12.5. The molecular weight excluding hydrogens is 350 g/mol. The molecule has 0 aliphatic carbocycles. The molecule has 2 saturated heterocycles. The molecule has 6 nitrogen and oxygen atoms in total. The van der Waals surface area contributed by atoms with Gasteiger partial charge in [0.1, 0.15) is 0 Å². The fourth-order valence-corrected chi connectivity index (χ4v) is 5.05. The van der Waals surface area contributed by atoms with Crippen LogP contribution in [0.4, 0.5) is 0 Å². The Morgan fingerprint density at radius 1 is 1.27 bits per heavy atom. The van der Waals surface area contributed by atoms with Crippen LogP contribution < -0.4 is 0 Å². The smallest absolute Gasteiger partial charge is 0.222 e. The van der Waals surface area contributed by atoms with Gasteiger partial charge in [-0.2, -0.15) is 0 Å². The Hall–Kier alpha value is -1.02. The summed E-state index contributed by atoms with van der Waals surface area (Å²) in [5, 5.41) is 9.80. The van der Waals surface area contributed by atoms with E-state index in [2.05, 4.69) is 23.7 Å². The number of morpholine rings is 1. The molecule has 0 spiro atoms. The van der Waals surface area contributed by atoms with E-state index in [0.29, 0.717) is 18.9 Å². The SMILES string of the molecule is Cc1ncsc1CCC(=O)N1C[C@@H](CN2C[C@@H](C)O[C@@H](C)C2)[C@@H](CO)C1. The van der Waals surface area contributed by atoms with E-state index in [1.165, 1.54) is 4.88 Å². The maximum atomic E-state index is 12.7. The van der Waals surface area contributed by atoms with Crippen LogP contribution >= 0.6 is 11.3 Å². The number of nitrogens with zero attached hydrogens (tertiary/aromatic N) is 3. The molecule has 2 aliphatic rings. The molecule has 0 unspecified atom stereocenters. The average Bonchev–Trinajstić information content (AvgIpc) is 3.17. The van der Waals surface area contributed by atoms with E-state index in [1.807, 2.05) is 17.3 Å². The first-order valence-electron chi connectivity index (χ1n) is 9.61. The van der Waals surface area contributed by atoms with Gasteiger partial charge in [-0.15, -0.1) is 11.3 Å². The van der Waals surface area contributed by atoms with Gasteiger partial charge >= 0.3 is 0 Å². The van der Waals surface area contributed by atoms with Crippen molar-refractivity contribution in [1.29, 1.82) is 0 Å². The van der Waals surface area contributed by atoms with Gasteiger partial charge in [0, 0.05) is 56.5 Å². The number of likely N-dealkylation sites (tertiary alicyclic amines) is 1. The summed E-state index contributed by atoms with van der Waals surface area (Å²) in [7, 11) is 0. The van der Waals surface area contributed by atoms with Gasteiger partial charge < -0.3 is 14.7 Å². The number of aliphatic hydroxyl groups excluding tert-OH is 1. The molecule has 0 aromatic carbocycles. The molecule has 7 heteroatoms. The van der Waals surface area contributed by atoms with Gasteiger partial charge in [-0.05, 0) is 33.1 Å². The number of aliphatic hydroxyl groups is 1. The summed E-state index contributed by atoms with van der Waals surface area (Å²) in [6.45, 7) is 10.6. The van der Waals surface area contributed by atoms with Crippen molar-refractivity contribution in [1.82, 2.24) is 14.8 Å². The first-order valence-corrected chi connectivity index (χ1v) is 10.5. The van der Waals surface area contributed by atoms with E-state index in [0.717, 1.165) is 38.3 Å². The van der Waals surface area contributed by atoms with Gasteiger partial charge in [0.2, 0.25) is 5.91 Å². The lowest BCUT2D eigenvalue weighted by atomic mass is 9.96. The summed E-state index contributed by atoms with van der Waals surface area (Å²) >= 11 is 1.62. The summed E-state index contributed by atoms with van der Waals surface area (Å²) in [5.74, 6) is 0.714. The normalized spacial score (nSPS) is 30.1. The van der Waals surface area contributed by atoms with Crippen LogP contribution in [0.1, 0.15) is 30.8 Å². The Kier molecular flexibility index (Phi) is 6.66. The molecule has 146 valence electrons. The second kappa shape index (κ2) is 8.78. The van der Waals surface area contributed by atoms with E-state index in [4.69, 9.17) is 4.74 Å². The molecule has 1 aromatic rings. The molecule has 3 rings (SSSR count). The highest BCUT2D eigenvalue weighted by Crippen LogP contribution is 2.26. The van der Waals surface area contributed by atoms with Gasteiger partial charge in [-0.3, -0.25) is 9.69 Å². The number of thiazole rings is 1. The average molecular weight is 382 g/mol. The van der Waals surface area contributed by atoms with E-state index >= 15 is 0 Å². The number of carbonyl (C=O) groups excluding carboxylic acids is 1. The van der Waals surface area contributed by atoms with Crippen LogP contribution in [0.2, 0.25) is 0 Å². The number of hydrogen-bond donors (Lipinski definition) is 1. The van der Waals surface area contributed by atoms with Crippen molar-refractivity contribution in [3.8, 4) is 0 Å². The van der Waals surface area contributed by atoms with Crippen LogP contribution in [0.25, 0.3) is 0 Å². The van der Waals surface area contributed by atoms with E-state index in [1.54, 1.807) is 11.3 Å². The third kappa shape index (κ3) is 4.82. The maximum Gasteiger partial charge on any atom is 0.222 e. The number of carbonyl (C=O) groups is 1. The second-order valence-electron chi connectivity index (χ2n) is 7.84. The number of aromatic nitrogens is 1. The number of hydrogen-bond acceptors (Lipinski definition) is 6. The van der Waals surface area contributed by atoms with Gasteiger partial charge in [0.25, 0.3) is 0 Å². The molecule has 1 aromatic heterocycles. The standard InChI is InChI=1S/C19H31N3O3S/c1-13-6-21(7-14(2)25-13)8-16-9-22(10-17(16)11-23)19(24)5-4-18-15(3)20-12-26-18/h12-14,16-17,23H,4-11H2,1-3H3/t13-,14+,16-,17-/m1/s1. The lowest BCUT2D eigenvalue weighted by Gasteiger charge is -2.37. The molecule has 3 heterocycles. The molecule has 4 atom stereocenters. The summed E-state index contributed by atoms with van der Waals surface area (Å²) in [4.78, 5) is 22.5. The predicted molar refractivity (Wildman–Crippen MR) is 102 cm³/mol. The fraction of sp³-hybridized carbons (Fsp3) is 0.789. The van der Waals surface area contributed by atoms with Crippen LogP contribution in [-0.4, -0.2) is 77.3 Å². The molecule has 2 aliphatic heterocycles. The summed E-state index contributed by atoms with van der Waals surface area (Å²) in [6.07, 6.45) is 1.78. The monoisotopic (exact) mass is 381 g/mol. The Morgan fingerprint density at radius 3 is 2.58 bits per heavy atom. The van der Waals surface area contributed by atoms with E-state index in [-0.39, 0.29) is 30.6 Å². The number of amides is 1. The predicted octanol–water partition coefficient (Wildman–Crippen LogP) is 1.56. The zero-order valence-corrected chi connectivity index (χ0v) is 16.9. The molecule has 26 heavy (non-hydrogen) atoms. The third-order valence-electron chi connectivity index (χ3n) is 5.56. The third-order valence-corrected chi connectivity index (χ3v) is 6.56. The van der Waals surface area contributed by atoms with Gasteiger partial charge in [0.05, 0.1) is 23.4 Å². The van der Waals surface area contributed by atoms with Crippen LogP contribution in [0.15, 0.2) is 5.51 Å². The minimum Gasteiger partial charge on any atom is -0.396 e. The molecule has 1 N–H and O–H groups in total. The molecule has 1 amide bonds. The van der Waals surface area contributed by atoms with Crippen molar-refractivity contribution in [2.75, 3.05) is 39.3 Å². The Labute approximate surface area is 160 Å². The van der Waals surface area contributed by atoms with E-state index < -0.39 is 0 Å². The minimum atomic E-state index is 0.151. The van der Waals surface area contributed by atoms with E-state index in [9.17, 15) is 9.90 Å². The highest BCUT2D eigenvalue weighted by molar-refractivity contribution is 7.09. The molecule has 0 saturated carbocycles. The second-order valence-corrected chi connectivity index (χ2v) is 8.78. The van der Waals surface area contributed by atoms with Gasteiger partial charge in [-0.1, -0.05) is 0 Å². The first kappa shape index (κ1) is 19.7. The molecule has 2 fully saturated rings. The highest BCUT2D eigenvalue weighted by Gasteiger charge is 2.36. The van der Waals surface area contributed by atoms with Crippen LogP contribution in [-0.2, 0) is 16.0 Å². The fourth-order valence-electron chi connectivity index (χ4n) is 4.27. The highest BCUT2D eigenvalue weighted by atomic mass is 32.1. The Bertz CT molecular complexity index is 599. The topological polar surface area (TPSA) is 65.9 Å². The van der Waals surface area contributed by atoms with Crippen LogP contribution in [0.3, 0.4) is 0 Å². The zero-order chi connectivity index (χ0) is 18.7. The van der Waals surface area contributed by atoms with Crippen LogP contribution in [0, 0.1) is 18.8 Å². The van der Waals surface area contributed by atoms with Gasteiger partial charge in [0.15, 0.2) is 0 Å². The van der Waals surface area contributed by atoms with Crippen LogP contribution in [0.5, 0.6) is 0 Å². The number of ether oxygens (including phenoxy) is 1. The minimum absolute atomic E-state index is 0.151. The molecule has 0 radical (unpaired) electrons. The Balaban J connectivity index is 1.52. The molecular formula is C19H31N3O3S. The summed E-state index contributed by atoms with van der Waals surface area (Å²) in [6, 6.07) is 0. The quantitative estimate of drug-likeness (QED) is 0.810. The van der Waals surface area contributed by atoms with Crippen molar-refractivity contribution < 1.29 is 14.6 Å². The van der Waals surface area contributed by atoms with Crippen molar-refractivity contribution in [3.05, 3.63) is 16.1 Å².